The first-order chi connectivity index (χ1) is 8.61. The zero-order valence-corrected chi connectivity index (χ0v) is 11.3. The second-order valence-electron chi connectivity index (χ2n) is 3.56. The lowest BCUT2D eigenvalue weighted by molar-refractivity contribution is 0.217. The fourth-order valence-electron chi connectivity index (χ4n) is 1.34. The Morgan fingerprint density at radius 1 is 1.56 bits per heavy atom. The molecule has 2 aromatic rings. The van der Waals surface area contributed by atoms with Gasteiger partial charge >= 0.3 is 0 Å². The van der Waals surface area contributed by atoms with Gasteiger partial charge in [-0.15, -0.1) is 11.3 Å². The highest BCUT2D eigenvalue weighted by Gasteiger charge is 2.12. The standard InChI is InChI=1S/C10H13N3O3S2/c1-16-4-6-18(14,15)13-10-7-8(11-12-10)9-3-2-5-17-9/h2-3,5,7H,4,6H2,1H3,(H2,11,12,13). The molecule has 0 aromatic carbocycles. The van der Waals surface area contributed by atoms with Crippen molar-refractivity contribution < 1.29 is 13.2 Å². The summed E-state index contributed by atoms with van der Waals surface area (Å²) in [5, 5.41) is 8.65. The van der Waals surface area contributed by atoms with Gasteiger partial charge in [-0.3, -0.25) is 9.82 Å². The maximum Gasteiger partial charge on any atom is 0.236 e. The number of rotatable bonds is 6. The first kappa shape index (κ1) is 13.1. The summed E-state index contributed by atoms with van der Waals surface area (Å²) in [6.07, 6.45) is 0. The van der Waals surface area contributed by atoms with Crippen LogP contribution in [-0.4, -0.2) is 38.1 Å². The van der Waals surface area contributed by atoms with Crippen molar-refractivity contribution in [3.8, 4) is 10.6 Å². The third-order valence-corrected chi connectivity index (χ3v) is 4.31. The number of nitrogens with zero attached hydrogens (tertiary/aromatic N) is 1. The Balaban J connectivity index is 2.07. The third kappa shape index (κ3) is 3.31. The number of hydrogen-bond acceptors (Lipinski definition) is 5. The maximum absolute atomic E-state index is 11.6. The lowest BCUT2D eigenvalue weighted by atomic mass is 10.3. The van der Waals surface area contributed by atoms with E-state index in [1.165, 1.54) is 7.11 Å². The Kier molecular flexibility index (Phi) is 4.00. The molecule has 18 heavy (non-hydrogen) atoms. The Labute approximate surface area is 109 Å². The Morgan fingerprint density at radius 2 is 2.39 bits per heavy atom. The van der Waals surface area contributed by atoms with E-state index in [-0.39, 0.29) is 18.2 Å². The van der Waals surface area contributed by atoms with Gasteiger partial charge in [0.25, 0.3) is 0 Å². The summed E-state index contributed by atoms with van der Waals surface area (Å²) < 4.78 is 30.3. The number of aromatic nitrogens is 2. The fraction of sp³-hybridized carbons (Fsp3) is 0.300. The normalized spacial score (nSPS) is 11.6. The largest absolute Gasteiger partial charge is 0.384 e. The van der Waals surface area contributed by atoms with Crippen molar-refractivity contribution in [1.29, 1.82) is 0 Å². The summed E-state index contributed by atoms with van der Waals surface area (Å²) in [5.41, 5.74) is 0.787. The van der Waals surface area contributed by atoms with Crippen molar-refractivity contribution in [3.63, 3.8) is 0 Å². The van der Waals surface area contributed by atoms with Crippen molar-refractivity contribution in [2.24, 2.45) is 0 Å². The number of thiophene rings is 1. The average molecular weight is 287 g/mol. The lowest BCUT2D eigenvalue weighted by Gasteiger charge is -2.03. The number of ether oxygens (including phenoxy) is 1. The minimum absolute atomic E-state index is 0.0926. The Morgan fingerprint density at radius 3 is 3.06 bits per heavy atom. The van der Waals surface area contributed by atoms with E-state index in [1.807, 2.05) is 17.5 Å². The molecule has 0 aliphatic heterocycles. The van der Waals surface area contributed by atoms with E-state index in [9.17, 15) is 8.42 Å². The SMILES string of the molecule is COCCS(=O)(=O)Nc1cc(-c2cccs2)[nH]n1. The van der Waals surface area contributed by atoms with Crippen LogP contribution < -0.4 is 4.72 Å². The molecule has 0 atom stereocenters. The quantitative estimate of drug-likeness (QED) is 0.844. The second kappa shape index (κ2) is 5.51. The van der Waals surface area contributed by atoms with E-state index in [0.29, 0.717) is 0 Å². The van der Waals surface area contributed by atoms with E-state index in [1.54, 1.807) is 17.4 Å². The minimum atomic E-state index is -3.41. The van der Waals surface area contributed by atoms with E-state index < -0.39 is 10.0 Å². The number of methoxy groups -OCH3 is 1. The van der Waals surface area contributed by atoms with Gasteiger partial charge in [-0.25, -0.2) is 8.42 Å². The van der Waals surface area contributed by atoms with E-state index >= 15 is 0 Å². The zero-order chi connectivity index (χ0) is 13.0. The van der Waals surface area contributed by atoms with Gasteiger partial charge in [-0.1, -0.05) is 6.07 Å². The van der Waals surface area contributed by atoms with Crippen LogP contribution in [0, 0.1) is 0 Å². The molecule has 0 aliphatic rings. The van der Waals surface area contributed by atoms with Crippen LogP contribution in [0.4, 0.5) is 5.82 Å². The molecule has 0 saturated carbocycles. The van der Waals surface area contributed by atoms with E-state index in [4.69, 9.17) is 4.74 Å². The molecular formula is C10H13N3O3S2. The predicted octanol–water partition coefficient (Wildman–Crippen LogP) is 1.53. The maximum atomic E-state index is 11.6. The molecule has 2 aromatic heterocycles. The van der Waals surface area contributed by atoms with Crippen LogP contribution in [0.5, 0.6) is 0 Å². The van der Waals surface area contributed by atoms with Crippen LogP contribution in [-0.2, 0) is 14.8 Å². The molecule has 0 unspecified atom stereocenters. The molecule has 0 saturated heterocycles. The fourth-order valence-corrected chi connectivity index (χ4v) is 2.94. The van der Waals surface area contributed by atoms with Gasteiger partial charge in [0.15, 0.2) is 5.82 Å². The summed E-state index contributed by atoms with van der Waals surface area (Å²) in [7, 11) is -1.95. The molecule has 0 bridgehead atoms. The molecule has 2 N–H and O–H groups in total. The molecule has 8 heteroatoms. The van der Waals surface area contributed by atoms with Crippen LogP contribution >= 0.6 is 11.3 Å². The van der Waals surface area contributed by atoms with Crippen LogP contribution in [0.15, 0.2) is 23.6 Å². The highest BCUT2D eigenvalue weighted by atomic mass is 32.2. The summed E-state index contributed by atoms with van der Waals surface area (Å²) in [6.45, 7) is 0.150. The molecular weight excluding hydrogens is 274 g/mol. The monoisotopic (exact) mass is 287 g/mol. The topological polar surface area (TPSA) is 84.1 Å². The molecule has 2 rings (SSSR count). The van der Waals surface area contributed by atoms with Crippen molar-refractivity contribution in [1.82, 2.24) is 10.2 Å². The van der Waals surface area contributed by atoms with Gasteiger partial charge < -0.3 is 4.74 Å². The third-order valence-electron chi connectivity index (χ3n) is 2.18. The van der Waals surface area contributed by atoms with Crippen LogP contribution in [0.25, 0.3) is 10.6 Å². The number of sulfonamides is 1. The second-order valence-corrected chi connectivity index (χ2v) is 6.35. The van der Waals surface area contributed by atoms with Gasteiger partial charge in [0.2, 0.25) is 10.0 Å². The molecule has 2 heterocycles. The molecule has 0 radical (unpaired) electrons. The smallest absolute Gasteiger partial charge is 0.236 e. The molecule has 0 aliphatic carbocycles. The summed E-state index contributed by atoms with van der Waals surface area (Å²) in [5.74, 6) is 0.194. The molecule has 98 valence electrons. The Hall–Kier alpha value is -1.38. The average Bonchev–Trinajstić information content (AvgIpc) is 2.95. The van der Waals surface area contributed by atoms with Crippen LogP contribution in [0.1, 0.15) is 0 Å². The first-order valence-electron chi connectivity index (χ1n) is 5.19. The van der Waals surface area contributed by atoms with Crippen molar-refractivity contribution in [2.75, 3.05) is 24.2 Å². The van der Waals surface area contributed by atoms with Crippen LogP contribution in [0.3, 0.4) is 0 Å². The number of aromatic amines is 1. The zero-order valence-electron chi connectivity index (χ0n) is 9.71. The number of anilines is 1. The van der Waals surface area contributed by atoms with Crippen molar-refractivity contribution in [3.05, 3.63) is 23.6 Å². The van der Waals surface area contributed by atoms with Crippen molar-refractivity contribution in [2.45, 2.75) is 0 Å². The van der Waals surface area contributed by atoms with Gasteiger partial charge in [0.05, 0.1) is 22.9 Å². The number of nitrogens with one attached hydrogen (secondary N) is 2. The van der Waals surface area contributed by atoms with Gasteiger partial charge in [-0.2, -0.15) is 5.10 Å². The van der Waals surface area contributed by atoms with Crippen molar-refractivity contribution >= 4 is 27.2 Å². The summed E-state index contributed by atoms with van der Waals surface area (Å²) >= 11 is 1.55. The van der Waals surface area contributed by atoms with Crippen LogP contribution in [0.2, 0.25) is 0 Å². The minimum Gasteiger partial charge on any atom is -0.384 e. The summed E-state index contributed by atoms with van der Waals surface area (Å²) in [4.78, 5) is 1.00. The van der Waals surface area contributed by atoms with Gasteiger partial charge in [0, 0.05) is 13.2 Å². The van der Waals surface area contributed by atoms with Gasteiger partial charge in [-0.05, 0) is 11.4 Å². The molecule has 0 amide bonds. The molecule has 6 nitrogen and oxygen atoms in total. The van der Waals surface area contributed by atoms with Gasteiger partial charge in [0.1, 0.15) is 0 Å². The first-order valence-corrected chi connectivity index (χ1v) is 7.72. The summed E-state index contributed by atoms with van der Waals surface area (Å²) in [6, 6.07) is 5.51. The number of hydrogen-bond donors (Lipinski definition) is 2. The predicted molar refractivity (Wildman–Crippen MR) is 71.2 cm³/mol. The van der Waals surface area contributed by atoms with E-state index in [2.05, 4.69) is 14.9 Å². The molecule has 0 fully saturated rings. The Bertz CT molecular complexity index is 590. The molecule has 0 spiro atoms. The number of H-pyrrole nitrogens is 1. The van der Waals surface area contributed by atoms with E-state index in [0.717, 1.165) is 10.6 Å². The lowest BCUT2D eigenvalue weighted by Crippen LogP contribution is -2.19. The highest BCUT2D eigenvalue weighted by Crippen LogP contribution is 2.24. The highest BCUT2D eigenvalue weighted by molar-refractivity contribution is 7.92.